The van der Waals surface area contributed by atoms with Crippen molar-refractivity contribution in [3.8, 4) is 0 Å². The Hall–Kier alpha value is -2.58. The van der Waals surface area contributed by atoms with Crippen LogP contribution in [0.3, 0.4) is 0 Å². The zero-order valence-electron chi connectivity index (χ0n) is 16.0. The molecular weight excluding hydrogens is 360 g/mol. The number of amides is 4. The molecule has 0 bridgehead atoms. The van der Waals surface area contributed by atoms with Crippen molar-refractivity contribution in [3.63, 3.8) is 0 Å². The lowest BCUT2D eigenvalue weighted by molar-refractivity contribution is -0.136. The molecule has 8 nitrogen and oxygen atoms in total. The largest absolute Gasteiger partial charge is 0.326 e. The number of carbonyl (C=O) groups is 4. The van der Waals surface area contributed by atoms with Gasteiger partial charge in [-0.3, -0.25) is 34.3 Å². The van der Waals surface area contributed by atoms with Gasteiger partial charge in [0.05, 0.1) is 11.1 Å². The Balaban J connectivity index is 1.58. The summed E-state index contributed by atoms with van der Waals surface area (Å²) < 4.78 is 0. The van der Waals surface area contributed by atoms with E-state index in [0.29, 0.717) is 17.7 Å². The molecule has 3 heterocycles. The van der Waals surface area contributed by atoms with Crippen molar-refractivity contribution in [2.24, 2.45) is 5.73 Å². The van der Waals surface area contributed by atoms with E-state index in [9.17, 15) is 19.2 Å². The van der Waals surface area contributed by atoms with Crippen LogP contribution in [0.2, 0.25) is 0 Å². The number of nitrogens with two attached hydrogens (primary N) is 1. The van der Waals surface area contributed by atoms with Crippen molar-refractivity contribution in [1.82, 2.24) is 15.1 Å². The first-order chi connectivity index (χ1) is 13.2. The van der Waals surface area contributed by atoms with E-state index in [-0.39, 0.29) is 30.3 Å². The van der Waals surface area contributed by atoms with Crippen molar-refractivity contribution in [1.29, 1.82) is 0 Å². The number of fused-ring (bicyclic) bond motifs is 1. The monoisotopic (exact) mass is 384 g/mol. The van der Waals surface area contributed by atoms with Gasteiger partial charge < -0.3 is 5.73 Å². The molecule has 28 heavy (non-hydrogen) atoms. The van der Waals surface area contributed by atoms with Gasteiger partial charge in [-0.1, -0.05) is 6.07 Å². The van der Waals surface area contributed by atoms with Crippen molar-refractivity contribution in [2.45, 2.75) is 57.3 Å². The molecule has 2 fully saturated rings. The van der Waals surface area contributed by atoms with Gasteiger partial charge in [0.1, 0.15) is 6.04 Å². The van der Waals surface area contributed by atoms with Crippen LogP contribution < -0.4 is 11.1 Å². The van der Waals surface area contributed by atoms with Gasteiger partial charge in [-0.2, -0.15) is 0 Å². The average Bonchev–Trinajstić information content (AvgIpc) is 3.01. The SMILES string of the molecule is CC1(C)CC(N)CN1Cc1ccc2c(c1)C(=O)N(C1CCC(=O)NC1=O)C2=O. The van der Waals surface area contributed by atoms with Crippen LogP contribution in [0.1, 0.15) is 59.4 Å². The summed E-state index contributed by atoms with van der Waals surface area (Å²) in [6.07, 6.45) is 1.17. The lowest BCUT2D eigenvalue weighted by Gasteiger charge is -2.31. The molecule has 1 aromatic carbocycles. The predicted octanol–water partition coefficient (Wildman–Crippen LogP) is 0.399. The third-order valence-corrected chi connectivity index (χ3v) is 5.95. The van der Waals surface area contributed by atoms with E-state index >= 15 is 0 Å². The minimum Gasteiger partial charge on any atom is -0.326 e. The molecule has 4 rings (SSSR count). The zero-order valence-corrected chi connectivity index (χ0v) is 16.0. The van der Waals surface area contributed by atoms with Crippen molar-refractivity contribution in [2.75, 3.05) is 6.54 Å². The van der Waals surface area contributed by atoms with Gasteiger partial charge in [0.2, 0.25) is 11.8 Å². The minimum atomic E-state index is -0.941. The van der Waals surface area contributed by atoms with E-state index in [1.165, 1.54) is 0 Å². The first kappa shape index (κ1) is 18.8. The van der Waals surface area contributed by atoms with Crippen LogP contribution in [0.25, 0.3) is 0 Å². The number of likely N-dealkylation sites (tertiary alicyclic amines) is 1. The molecule has 0 saturated carbocycles. The van der Waals surface area contributed by atoms with E-state index < -0.39 is 23.8 Å². The summed E-state index contributed by atoms with van der Waals surface area (Å²) in [7, 11) is 0. The fourth-order valence-electron chi connectivity index (χ4n) is 4.48. The maximum absolute atomic E-state index is 12.9. The predicted molar refractivity (Wildman–Crippen MR) is 100 cm³/mol. The number of hydrogen-bond acceptors (Lipinski definition) is 6. The molecule has 3 N–H and O–H groups in total. The molecule has 2 atom stereocenters. The van der Waals surface area contributed by atoms with Crippen LogP contribution in [-0.4, -0.2) is 57.6 Å². The Bertz CT molecular complexity index is 894. The van der Waals surface area contributed by atoms with Gasteiger partial charge in [0, 0.05) is 31.1 Å². The van der Waals surface area contributed by atoms with Gasteiger partial charge in [-0.25, -0.2) is 0 Å². The van der Waals surface area contributed by atoms with Crippen LogP contribution in [0.4, 0.5) is 0 Å². The molecule has 3 aliphatic rings. The molecule has 8 heteroatoms. The number of nitrogens with one attached hydrogen (secondary N) is 1. The fourth-order valence-corrected chi connectivity index (χ4v) is 4.48. The number of piperidine rings is 1. The molecule has 2 unspecified atom stereocenters. The summed E-state index contributed by atoms with van der Waals surface area (Å²) in [5, 5.41) is 2.20. The lowest BCUT2D eigenvalue weighted by atomic mass is 9.99. The Morgan fingerprint density at radius 1 is 1.14 bits per heavy atom. The Morgan fingerprint density at radius 2 is 1.86 bits per heavy atom. The molecule has 3 aliphatic heterocycles. The van der Waals surface area contributed by atoms with Crippen molar-refractivity contribution < 1.29 is 19.2 Å². The number of benzene rings is 1. The highest BCUT2D eigenvalue weighted by Crippen LogP contribution is 2.32. The number of carbonyl (C=O) groups excluding carboxylic acids is 4. The van der Waals surface area contributed by atoms with E-state index in [1.807, 2.05) is 6.07 Å². The number of hydrogen-bond donors (Lipinski definition) is 2. The molecule has 0 spiro atoms. The van der Waals surface area contributed by atoms with Gasteiger partial charge in [-0.15, -0.1) is 0 Å². The Kier molecular flexibility index (Phi) is 4.35. The fraction of sp³-hybridized carbons (Fsp3) is 0.500. The van der Waals surface area contributed by atoms with Gasteiger partial charge in [0.25, 0.3) is 11.8 Å². The van der Waals surface area contributed by atoms with Crippen LogP contribution in [-0.2, 0) is 16.1 Å². The number of rotatable bonds is 3. The van der Waals surface area contributed by atoms with Crippen LogP contribution in [0.15, 0.2) is 18.2 Å². The highest BCUT2D eigenvalue weighted by Gasteiger charge is 2.45. The van der Waals surface area contributed by atoms with E-state index in [4.69, 9.17) is 5.73 Å². The first-order valence-electron chi connectivity index (χ1n) is 9.52. The molecular formula is C20H24N4O4. The molecule has 1 aromatic rings. The van der Waals surface area contributed by atoms with E-state index in [1.54, 1.807) is 12.1 Å². The molecule has 0 aliphatic carbocycles. The molecule has 4 amide bonds. The van der Waals surface area contributed by atoms with Crippen LogP contribution in [0.5, 0.6) is 0 Å². The normalized spacial score (nSPS) is 27.3. The summed E-state index contributed by atoms with van der Waals surface area (Å²) in [4.78, 5) is 52.4. The summed E-state index contributed by atoms with van der Waals surface area (Å²) in [5.41, 5.74) is 7.61. The van der Waals surface area contributed by atoms with Crippen molar-refractivity contribution >= 4 is 23.6 Å². The second-order valence-electron chi connectivity index (χ2n) is 8.48. The molecule has 0 aromatic heterocycles. The third-order valence-electron chi connectivity index (χ3n) is 5.95. The molecule has 2 saturated heterocycles. The van der Waals surface area contributed by atoms with Crippen molar-refractivity contribution in [3.05, 3.63) is 34.9 Å². The zero-order chi connectivity index (χ0) is 20.2. The van der Waals surface area contributed by atoms with E-state index in [0.717, 1.165) is 23.4 Å². The molecule has 148 valence electrons. The quantitative estimate of drug-likeness (QED) is 0.730. The molecule has 0 radical (unpaired) electrons. The maximum Gasteiger partial charge on any atom is 0.262 e. The standard InChI is InChI=1S/C20H24N4O4/c1-20(2)8-12(21)10-23(20)9-11-3-4-13-14(7-11)19(28)24(18(13)27)15-5-6-16(25)22-17(15)26/h3-4,7,12,15H,5-6,8-10,21H2,1-2H3,(H,22,25,26). The Morgan fingerprint density at radius 3 is 2.50 bits per heavy atom. The van der Waals surface area contributed by atoms with Gasteiger partial charge in [0.15, 0.2) is 0 Å². The minimum absolute atomic E-state index is 0.0307. The maximum atomic E-state index is 12.9. The van der Waals surface area contributed by atoms with Gasteiger partial charge >= 0.3 is 0 Å². The summed E-state index contributed by atoms with van der Waals surface area (Å²) >= 11 is 0. The smallest absolute Gasteiger partial charge is 0.262 e. The average molecular weight is 384 g/mol. The van der Waals surface area contributed by atoms with Gasteiger partial charge in [-0.05, 0) is 44.4 Å². The number of nitrogens with zero attached hydrogens (tertiary/aromatic N) is 2. The van der Waals surface area contributed by atoms with Crippen LogP contribution >= 0.6 is 0 Å². The lowest BCUT2D eigenvalue weighted by Crippen LogP contribution is -2.54. The second-order valence-corrected chi connectivity index (χ2v) is 8.48. The number of imide groups is 2. The Labute approximate surface area is 163 Å². The third kappa shape index (κ3) is 3.02. The highest BCUT2D eigenvalue weighted by molar-refractivity contribution is 6.23. The highest BCUT2D eigenvalue weighted by atomic mass is 16.2. The second kappa shape index (κ2) is 6.49. The first-order valence-corrected chi connectivity index (χ1v) is 9.52. The summed E-state index contributed by atoms with van der Waals surface area (Å²) in [6, 6.07) is 4.42. The summed E-state index contributed by atoms with van der Waals surface area (Å²) in [5.74, 6) is -1.94. The topological polar surface area (TPSA) is 113 Å². The van der Waals surface area contributed by atoms with E-state index in [2.05, 4.69) is 24.1 Å². The summed E-state index contributed by atoms with van der Waals surface area (Å²) in [6.45, 7) is 5.70. The van der Waals surface area contributed by atoms with Crippen LogP contribution in [0, 0.1) is 0 Å².